The molecule has 0 radical (unpaired) electrons. The van der Waals surface area contributed by atoms with Crippen LogP contribution < -0.4 is 14.4 Å². The molecule has 2 amide bonds. The molecule has 1 saturated heterocycles. The number of amides is 2. The largest absolute Gasteiger partial charge is 0.454 e. The number of nitro benzene ring substituents is 1. The van der Waals surface area contributed by atoms with Gasteiger partial charge in [0, 0.05) is 0 Å². The Hall–Kier alpha value is -3.33. The highest BCUT2D eigenvalue weighted by Gasteiger charge is 2.37. The van der Waals surface area contributed by atoms with E-state index in [0.29, 0.717) is 11.4 Å². The van der Waals surface area contributed by atoms with Gasteiger partial charge in [0.25, 0.3) is 16.8 Å². The number of carbonyl (C=O) groups is 2. The van der Waals surface area contributed by atoms with Gasteiger partial charge < -0.3 is 9.47 Å². The van der Waals surface area contributed by atoms with Gasteiger partial charge in [-0.05, 0) is 36.0 Å². The first kappa shape index (κ1) is 16.2. The van der Waals surface area contributed by atoms with Crippen LogP contribution in [0.25, 0.3) is 6.08 Å². The molecule has 9 heteroatoms. The molecule has 2 aromatic carbocycles. The third kappa shape index (κ3) is 2.68. The van der Waals surface area contributed by atoms with E-state index in [1.807, 2.05) is 0 Å². The highest BCUT2D eigenvalue weighted by molar-refractivity contribution is 8.19. The number of fused-ring (bicyclic) bond motifs is 1. The van der Waals surface area contributed by atoms with Crippen LogP contribution in [0.2, 0.25) is 0 Å². The van der Waals surface area contributed by atoms with Crippen molar-refractivity contribution >= 4 is 40.4 Å². The van der Waals surface area contributed by atoms with E-state index in [1.165, 1.54) is 18.2 Å². The number of imide groups is 1. The van der Waals surface area contributed by atoms with E-state index in [1.54, 1.807) is 30.3 Å². The maximum Gasteiger partial charge on any atom is 0.298 e. The van der Waals surface area contributed by atoms with Crippen molar-refractivity contribution in [2.75, 3.05) is 11.7 Å². The number of hydrogen-bond acceptors (Lipinski definition) is 7. The van der Waals surface area contributed by atoms with Crippen molar-refractivity contribution in [1.29, 1.82) is 0 Å². The van der Waals surface area contributed by atoms with E-state index in [-0.39, 0.29) is 28.7 Å². The lowest BCUT2D eigenvalue weighted by Crippen LogP contribution is -2.27. The van der Waals surface area contributed by atoms with E-state index in [9.17, 15) is 19.7 Å². The second kappa shape index (κ2) is 6.19. The van der Waals surface area contributed by atoms with Gasteiger partial charge in [0.15, 0.2) is 11.5 Å². The Balaban J connectivity index is 1.75. The van der Waals surface area contributed by atoms with Gasteiger partial charge >= 0.3 is 0 Å². The average Bonchev–Trinajstić information content (AvgIpc) is 3.19. The molecule has 2 heterocycles. The lowest BCUT2D eigenvalue weighted by molar-refractivity contribution is -0.385. The Bertz CT molecular complexity index is 973. The van der Waals surface area contributed by atoms with Crippen LogP contribution in [0.4, 0.5) is 16.2 Å². The van der Waals surface area contributed by atoms with Gasteiger partial charge in [0.2, 0.25) is 6.79 Å². The minimum Gasteiger partial charge on any atom is -0.454 e. The van der Waals surface area contributed by atoms with Crippen LogP contribution in [-0.4, -0.2) is 22.9 Å². The summed E-state index contributed by atoms with van der Waals surface area (Å²) in [6.07, 6.45) is 1.33. The third-order valence-electron chi connectivity index (χ3n) is 3.81. The molecule has 0 aliphatic carbocycles. The van der Waals surface area contributed by atoms with Crippen molar-refractivity contribution < 1.29 is 24.0 Å². The lowest BCUT2D eigenvalue weighted by atomic mass is 10.1. The number of thioether (sulfide) groups is 1. The number of rotatable bonds is 3. The van der Waals surface area contributed by atoms with Crippen molar-refractivity contribution in [1.82, 2.24) is 0 Å². The minimum atomic E-state index is -0.574. The molecule has 2 aliphatic heterocycles. The summed E-state index contributed by atoms with van der Waals surface area (Å²) < 4.78 is 10.4. The highest BCUT2D eigenvalue weighted by Crippen LogP contribution is 2.41. The van der Waals surface area contributed by atoms with Crippen LogP contribution in [0.3, 0.4) is 0 Å². The van der Waals surface area contributed by atoms with E-state index < -0.39 is 16.1 Å². The number of para-hydroxylation sites is 1. The molecule has 1 fully saturated rings. The van der Waals surface area contributed by atoms with Crippen LogP contribution in [0.5, 0.6) is 11.5 Å². The average molecular weight is 370 g/mol. The Morgan fingerprint density at radius 1 is 1.12 bits per heavy atom. The summed E-state index contributed by atoms with van der Waals surface area (Å²) in [6.45, 7) is -0.0273. The van der Waals surface area contributed by atoms with Crippen molar-refractivity contribution in [3.05, 3.63) is 63.0 Å². The lowest BCUT2D eigenvalue weighted by Gasteiger charge is -2.11. The fourth-order valence-corrected chi connectivity index (χ4v) is 3.46. The molecular formula is C17H10N2O6S. The predicted octanol–water partition coefficient (Wildman–Crippen LogP) is 3.56. The molecule has 4 rings (SSSR count). The molecule has 130 valence electrons. The van der Waals surface area contributed by atoms with Gasteiger partial charge in [-0.25, -0.2) is 4.90 Å². The molecule has 2 aromatic rings. The van der Waals surface area contributed by atoms with Crippen molar-refractivity contribution in [3.8, 4) is 11.5 Å². The fourth-order valence-electron chi connectivity index (χ4n) is 2.63. The molecular weight excluding hydrogens is 360 g/mol. The number of hydrogen-bond donors (Lipinski definition) is 0. The minimum absolute atomic E-state index is 0.0273. The molecule has 0 bridgehead atoms. The number of nitrogens with zero attached hydrogens (tertiary/aromatic N) is 2. The van der Waals surface area contributed by atoms with Gasteiger partial charge in [-0.2, -0.15) is 0 Å². The van der Waals surface area contributed by atoms with E-state index in [0.717, 1.165) is 16.7 Å². The Morgan fingerprint density at radius 2 is 1.81 bits per heavy atom. The summed E-state index contributed by atoms with van der Waals surface area (Å²) in [6, 6.07) is 11.2. The Morgan fingerprint density at radius 3 is 2.50 bits per heavy atom. The second-order valence-corrected chi connectivity index (χ2v) is 6.37. The van der Waals surface area contributed by atoms with Crippen LogP contribution in [0, 0.1) is 10.1 Å². The van der Waals surface area contributed by atoms with Gasteiger partial charge in [-0.3, -0.25) is 19.7 Å². The number of anilines is 1. The number of benzene rings is 2. The number of nitro groups is 1. The molecule has 0 N–H and O–H groups in total. The van der Waals surface area contributed by atoms with Crippen LogP contribution >= 0.6 is 11.8 Å². The van der Waals surface area contributed by atoms with E-state index in [4.69, 9.17) is 9.47 Å². The molecule has 0 aromatic heterocycles. The standard InChI is InChI=1S/C17H10N2O6S/c20-16-15(26-17(21)18(16)11-4-2-1-3-5-11)7-10-6-13-14(25-9-24-13)8-12(10)19(22)23/h1-8H,9H2/b15-7-. The zero-order valence-corrected chi connectivity index (χ0v) is 13.9. The quantitative estimate of drug-likeness (QED) is 0.463. The van der Waals surface area contributed by atoms with Crippen LogP contribution in [0.15, 0.2) is 47.4 Å². The van der Waals surface area contributed by atoms with Crippen molar-refractivity contribution in [2.45, 2.75) is 0 Å². The first-order valence-electron chi connectivity index (χ1n) is 7.45. The second-order valence-electron chi connectivity index (χ2n) is 5.37. The van der Waals surface area contributed by atoms with Gasteiger partial charge in [-0.15, -0.1) is 0 Å². The highest BCUT2D eigenvalue weighted by atomic mass is 32.2. The molecule has 8 nitrogen and oxygen atoms in total. The Labute approximate surface area is 151 Å². The van der Waals surface area contributed by atoms with E-state index in [2.05, 4.69) is 0 Å². The Kier molecular flexibility index (Phi) is 3.85. The molecule has 2 aliphatic rings. The molecule has 0 atom stereocenters. The summed E-state index contributed by atoms with van der Waals surface area (Å²) in [5.41, 5.74) is 0.372. The molecule has 26 heavy (non-hydrogen) atoms. The fraction of sp³-hybridized carbons (Fsp3) is 0.0588. The number of ether oxygens (including phenoxy) is 2. The van der Waals surface area contributed by atoms with Gasteiger partial charge in [0.1, 0.15) is 0 Å². The van der Waals surface area contributed by atoms with E-state index >= 15 is 0 Å². The van der Waals surface area contributed by atoms with Crippen molar-refractivity contribution in [2.24, 2.45) is 0 Å². The van der Waals surface area contributed by atoms with Crippen LogP contribution in [-0.2, 0) is 4.79 Å². The van der Waals surface area contributed by atoms with Gasteiger partial charge in [-0.1, -0.05) is 18.2 Å². The summed E-state index contributed by atoms with van der Waals surface area (Å²) in [5, 5.41) is 10.9. The summed E-state index contributed by atoms with van der Waals surface area (Å²) in [4.78, 5) is 36.8. The molecule has 0 saturated carbocycles. The first-order valence-corrected chi connectivity index (χ1v) is 8.27. The SMILES string of the molecule is O=C1S/C(=C\c2cc3c(cc2[N+](=O)[O-])OCO3)C(=O)N1c1ccccc1. The molecule has 0 spiro atoms. The maximum absolute atomic E-state index is 12.6. The van der Waals surface area contributed by atoms with Crippen molar-refractivity contribution in [3.63, 3.8) is 0 Å². The molecule has 0 unspecified atom stereocenters. The zero-order valence-electron chi connectivity index (χ0n) is 13.1. The summed E-state index contributed by atoms with van der Waals surface area (Å²) >= 11 is 0.729. The van der Waals surface area contributed by atoms with Crippen LogP contribution in [0.1, 0.15) is 5.56 Å². The topological polar surface area (TPSA) is 99.0 Å². The van der Waals surface area contributed by atoms with Gasteiger partial charge in [0.05, 0.1) is 27.1 Å². The smallest absolute Gasteiger partial charge is 0.298 e. The monoisotopic (exact) mass is 370 g/mol. The summed E-state index contributed by atoms with van der Waals surface area (Å²) in [7, 11) is 0. The summed E-state index contributed by atoms with van der Waals surface area (Å²) in [5.74, 6) is 0.0912. The normalized spacial score (nSPS) is 17.2. The zero-order chi connectivity index (χ0) is 18.3. The predicted molar refractivity (Wildman–Crippen MR) is 94.1 cm³/mol. The number of carbonyl (C=O) groups excluding carboxylic acids is 2. The maximum atomic E-state index is 12.6. The first-order chi connectivity index (χ1) is 12.5. The third-order valence-corrected chi connectivity index (χ3v) is 4.68.